The molecular formula is C20H15BrN4O2. The topological polar surface area (TPSA) is 74.3 Å². The number of hydrazine groups is 1. The fourth-order valence-corrected chi connectivity index (χ4v) is 3.18. The Kier molecular flexibility index (Phi) is 4.60. The predicted octanol–water partition coefficient (Wildman–Crippen LogP) is 3.76. The van der Waals surface area contributed by atoms with Gasteiger partial charge in [0.2, 0.25) is 0 Å². The van der Waals surface area contributed by atoms with E-state index in [2.05, 4.69) is 31.7 Å². The van der Waals surface area contributed by atoms with Gasteiger partial charge in [0.25, 0.3) is 11.8 Å². The van der Waals surface area contributed by atoms with Gasteiger partial charge in [0.1, 0.15) is 6.17 Å². The number of carbonyl (C=O) groups excluding carboxylic acids is 2. The fraction of sp³-hybridized carbons (Fsp3) is 0.0500. The molecule has 0 bridgehead atoms. The molecule has 0 aliphatic carbocycles. The maximum atomic E-state index is 13.1. The summed E-state index contributed by atoms with van der Waals surface area (Å²) >= 11 is 3.35. The fourth-order valence-electron chi connectivity index (χ4n) is 2.91. The Labute approximate surface area is 164 Å². The van der Waals surface area contributed by atoms with Gasteiger partial charge in [-0.2, -0.15) is 0 Å². The van der Waals surface area contributed by atoms with Gasteiger partial charge in [-0.05, 0) is 42.5 Å². The summed E-state index contributed by atoms with van der Waals surface area (Å²) < 4.78 is 0.872. The summed E-state index contributed by atoms with van der Waals surface area (Å²) in [6, 6.07) is 17.8. The van der Waals surface area contributed by atoms with Gasteiger partial charge in [0.05, 0.1) is 5.56 Å². The molecule has 27 heavy (non-hydrogen) atoms. The zero-order chi connectivity index (χ0) is 18.8. The van der Waals surface area contributed by atoms with Crippen LogP contribution < -0.4 is 10.7 Å². The molecule has 134 valence electrons. The number of amides is 2. The molecule has 2 N–H and O–H groups in total. The summed E-state index contributed by atoms with van der Waals surface area (Å²) in [7, 11) is 0. The summed E-state index contributed by atoms with van der Waals surface area (Å²) in [5, 5.41) is 4.61. The third kappa shape index (κ3) is 3.41. The molecule has 0 spiro atoms. The predicted molar refractivity (Wildman–Crippen MR) is 105 cm³/mol. The van der Waals surface area contributed by atoms with Crippen LogP contribution in [0.1, 0.15) is 32.4 Å². The lowest BCUT2D eigenvalue weighted by atomic mass is 10.1. The van der Waals surface area contributed by atoms with Gasteiger partial charge < -0.3 is 5.32 Å². The molecule has 0 fully saturated rings. The van der Waals surface area contributed by atoms with Crippen molar-refractivity contribution in [2.45, 2.75) is 6.17 Å². The Morgan fingerprint density at radius 1 is 1.07 bits per heavy atom. The number of hydrogen-bond acceptors (Lipinski definition) is 4. The van der Waals surface area contributed by atoms with E-state index in [1.54, 1.807) is 54.9 Å². The number of nitrogens with one attached hydrogen (secondary N) is 2. The molecule has 0 saturated carbocycles. The van der Waals surface area contributed by atoms with Crippen molar-refractivity contribution < 1.29 is 9.59 Å². The third-order valence-electron chi connectivity index (χ3n) is 4.26. The first-order chi connectivity index (χ1) is 13.1. The van der Waals surface area contributed by atoms with E-state index in [0.717, 1.165) is 10.0 Å². The number of anilines is 1. The molecule has 6 nitrogen and oxygen atoms in total. The van der Waals surface area contributed by atoms with Crippen LogP contribution in [0.15, 0.2) is 77.5 Å². The van der Waals surface area contributed by atoms with Crippen LogP contribution in [-0.2, 0) is 0 Å². The van der Waals surface area contributed by atoms with E-state index >= 15 is 0 Å². The number of carbonyl (C=O) groups is 2. The van der Waals surface area contributed by atoms with Crippen molar-refractivity contribution in [2.24, 2.45) is 0 Å². The van der Waals surface area contributed by atoms with E-state index in [-0.39, 0.29) is 11.8 Å². The van der Waals surface area contributed by atoms with E-state index in [0.29, 0.717) is 16.8 Å². The number of hydrogen-bond donors (Lipinski definition) is 2. The quantitative estimate of drug-likeness (QED) is 0.673. The number of halogens is 1. The number of aromatic nitrogens is 1. The molecule has 7 heteroatoms. The lowest BCUT2D eigenvalue weighted by Crippen LogP contribution is -2.52. The van der Waals surface area contributed by atoms with Gasteiger partial charge in [-0.3, -0.25) is 20.0 Å². The van der Waals surface area contributed by atoms with Crippen molar-refractivity contribution >= 4 is 33.4 Å². The molecule has 2 heterocycles. The van der Waals surface area contributed by atoms with Gasteiger partial charge in [-0.25, -0.2) is 5.01 Å². The number of nitrogens with zero attached hydrogens (tertiary/aromatic N) is 2. The highest BCUT2D eigenvalue weighted by Gasteiger charge is 2.34. The summed E-state index contributed by atoms with van der Waals surface area (Å²) in [6.07, 6.45) is 2.75. The number of para-hydroxylation sites is 1. The molecule has 2 amide bonds. The van der Waals surface area contributed by atoms with Crippen molar-refractivity contribution in [1.82, 2.24) is 15.4 Å². The van der Waals surface area contributed by atoms with Crippen LogP contribution in [0, 0.1) is 0 Å². The SMILES string of the molecule is O=C(NN1C(=O)c2ccccc2N[C@H]1c1cccnc1)c1ccc(Br)cc1. The minimum atomic E-state index is -0.569. The largest absolute Gasteiger partial charge is 0.359 e. The first kappa shape index (κ1) is 17.2. The minimum absolute atomic E-state index is 0.288. The number of pyridine rings is 1. The van der Waals surface area contributed by atoms with Gasteiger partial charge >= 0.3 is 0 Å². The molecule has 2 aromatic carbocycles. The molecule has 3 aromatic rings. The van der Waals surface area contributed by atoms with Crippen LogP contribution in [0.2, 0.25) is 0 Å². The number of fused-ring (bicyclic) bond motifs is 1. The Bertz CT molecular complexity index is 992. The zero-order valence-corrected chi connectivity index (χ0v) is 15.7. The summed E-state index contributed by atoms with van der Waals surface area (Å²) in [5.74, 6) is -0.658. The highest BCUT2D eigenvalue weighted by atomic mass is 79.9. The maximum Gasteiger partial charge on any atom is 0.276 e. The Morgan fingerprint density at radius 2 is 1.85 bits per heavy atom. The molecular weight excluding hydrogens is 408 g/mol. The average molecular weight is 423 g/mol. The summed E-state index contributed by atoms with van der Waals surface area (Å²) in [4.78, 5) is 29.9. The highest BCUT2D eigenvalue weighted by Crippen LogP contribution is 2.31. The van der Waals surface area contributed by atoms with Gasteiger partial charge in [0, 0.05) is 33.7 Å². The molecule has 0 saturated heterocycles. The van der Waals surface area contributed by atoms with Crippen molar-refractivity contribution in [3.8, 4) is 0 Å². The molecule has 0 radical (unpaired) electrons. The molecule has 1 aromatic heterocycles. The summed E-state index contributed by atoms with van der Waals surface area (Å²) in [5.41, 5.74) is 5.15. The molecule has 4 rings (SSSR count). The van der Waals surface area contributed by atoms with Gasteiger partial charge in [-0.15, -0.1) is 0 Å². The van der Waals surface area contributed by atoms with Crippen LogP contribution in [0.5, 0.6) is 0 Å². The molecule has 1 aliphatic heterocycles. The second-order valence-electron chi connectivity index (χ2n) is 6.00. The first-order valence-corrected chi connectivity index (χ1v) is 9.08. The van der Waals surface area contributed by atoms with E-state index in [1.807, 2.05) is 18.2 Å². The van der Waals surface area contributed by atoms with Crippen LogP contribution in [0.4, 0.5) is 5.69 Å². The van der Waals surface area contributed by atoms with E-state index in [4.69, 9.17) is 0 Å². The average Bonchev–Trinajstić information content (AvgIpc) is 2.71. The maximum absolute atomic E-state index is 13.1. The molecule has 0 unspecified atom stereocenters. The van der Waals surface area contributed by atoms with Crippen molar-refractivity contribution in [3.05, 3.63) is 94.2 Å². The second kappa shape index (κ2) is 7.20. The van der Waals surface area contributed by atoms with E-state index < -0.39 is 6.17 Å². The van der Waals surface area contributed by atoms with Crippen LogP contribution in [0.3, 0.4) is 0 Å². The van der Waals surface area contributed by atoms with Crippen molar-refractivity contribution in [2.75, 3.05) is 5.32 Å². The number of rotatable bonds is 3. The number of benzene rings is 2. The van der Waals surface area contributed by atoms with E-state index in [1.165, 1.54) is 5.01 Å². The van der Waals surface area contributed by atoms with Crippen LogP contribution in [-0.4, -0.2) is 21.8 Å². The van der Waals surface area contributed by atoms with Crippen molar-refractivity contribution in [3.63, 3.8) is 0 Å². The smallest absolute Gasteiger partial charge is 0.276 e. The van der Waals surface area contributed by atoms with Gasteiger partial charge in [0.15, 0.2) is 0 Å². The molecule has 1 aliphatic rings. The van der Waals surface area contributed by atoms with E-state index in [9.17, 15) is 9.59 Å². The third-order valence-corrected chi connectivity index (χ3v) is 4.78. The van der Waals surface area contributed by atoms with Crippen LogP contribution >= 0.6 is 15.9 Å². The standard InChI is InChI=1S/C20H15BrN4O2/c21-15-9-7-13(8-10-15)19(26)24-25-18(14-4-3-11-22-12-14)23-17-6-2-1-5-16(17)20(25)27/h1-12,18,23H,(H,24,26)/t18-/m1/s1. The summed E-state index contributed by atoms with van der Waals surface area (Å²) in [6.45, 7) is 0. The van der Waals surface area contributed by atoms with Crippen LogP contribution in [0.25, 0.3) is 0 Å². The lowest BCUT2D eigenvalue weighted by molar-refractivity contribution is 0.0490. The normalized spacial score (nSPS) is 15.7. The van der Waals surface area contributed by atoms with Crippen molar-refractivity contribution in [1.29, 1.82) is 0 Å². The zero-order valence-electron chi connectivity index (χ0n) is 14.1. The Hall–Kier alpha value is -3.19. The Morgan fingerprint density at radius 3 is 2.59 bits per heavy atom. The van der Waals surface area contributed by atoms with Gasteiger partial charge in [-0.1, -0.05) is 34.1 Å². The lowest BCUT2D eigenvalue weighted by Gasteiger charge is -2.37. The second-order valence-corrected chi connectivity index (χ2v) is 6.92. The molecule has 1 atom stereocenters. The Balaban J connectivity index is 1.69. The minimum Gasteiger partial charge on any atom is -0.359 e. The monoisotopic (exact) mass is 422 g/mol. The first-order valence-electron chi connectivity index (χ1n) is 8.29. The highest BCUT2D eigenvalue weighted by molar-refractivity contribution is 9.10.